The molecule has 158 valence electrons. The summed E-state index contributed by atoms with van der Waals surface area (Å²) in [6.07, 6.45) is 3.93. The third-order valence-corrected chi connectivity index (χ3v) is 6.24. The lowest BCUT2D eigenvalue weighted by Crippen LogP contribution is -2.41. The van der Waals surface area contributed by atoms with Crippen molar-refractivity contribution in [3.8, 4) is 5.75 Å². The highest BCUT2D eigenvalue weighted by atomic mass is 32.2. The van der Waals surface area contributed by atoms with Crippen LogP contribution < -0.4 is 15.8 Å². The second-order valence-corrected chi connectivity index (χ2v) is 8.72. The number of hydrogen-bond acceptors (Lipinski definition) is 8. The molecule has 8 nitrogen and oxygen atoms in total. The number of rotatable bonds is 6. The number of anilines is 1. The Morgan fingerprint density at radius 2 is 2.20 bits per heavy atom. The van der Waals surface area contributed by atoms with E-state index in [1.807, 2.05) is 0 Å². The van der Waals surface area contributed by atoms with Crippen LogP contribution in [0.5, 0.6) is 5.75 Å². The van der Waals surface area contributed by atoms with Gasteiger partial charge in [0.1, 0.15) is 34.3 Å². The molecule has 0 unspecified atom stereocenters. The van der Waals surface area contributed by atoms with Crippen LogP contribution in [0.2, 0.25) is 0 Å². The Bertz CT molecular complexity index is 982. The number of carbonyl (C=O) groups excluding carboxylic acids is 1. The van der Waals surface area contributed by atoms with Crippen LogP contribution in [0.15, 0.2) is 35.5 Å². The van der Waals surface area contributed by atoms with Crippen LogP contribution in [-0.4, -0.2) is 45.5 Å². The van der Waals surface area contributed by atoms with E-state index in [1.54, 1.807) is 30.4 Å². The fourth-order valence-corrected chi connectivity index (χ4v) is 3.75. The molecule has 1 aliphatic carbocycles. The van der Waals surface area contributed by atoms with Gasteiger partial charge in [0.2, 0.25) is 5.96 Å². The molecule has 0 spiro atoms. The molecular weight excluding hydrogens is 407 g/mol. The monoisotopic (exact) mass is 430 g/mol. The summed E-state index contributed by atoms with van der Waals surface area (Å²) in [5.41, 5.74) is 5.31. The van der Waals surface area contributed by atoms with Gasteiger partial charge in [0.25, 0.3) is 5.91 Å². The molecule has 10 heteroatoms. The lowest BCUT2D eigenvalue weighted by molar-refractivity contribution is 0.102. The van der Waals surface area contributed by atoms with E-state index < -0.39 is 17.3 Å². The lowest BCUT2D eigenvalue weighted by Gasteiger charge is -2.33. The summed E-state index contributed by atoms with van der Waals surface area (Å²) in [7, 11) is 1.79. The van der Waals surface area contributed by atoms with Crippen LogP contribution in [0, 0.1) is 11.7 Å². The first kappa shape index (κ1) is 20.4. The minimum Gasteiger partial charge on any atom is -0.492 e. The molecule has 1 amide bonds. The van der Waals surface area contributed by atoms with E-state index in [0.29, 0.717) is 24.0 Å². The van der Waals surface area contributed by atoms with Crippen LogP contribution in [0.1, 0.15) is 35.9 Å². The van der Waals surface area contributed by atoms with Crippen molar-refractivity contribution in [3.63, 3.8) is 0 Å². The Morgan fingerprint density at radius 3 is 2.87 bits per heavy atom. The van der Waals surface area contributed by atoms with Gasteiger partial charge in [-0.25, -0.2) is 19.4 Å². The summed E-state index contributed by atoms with van der Waals surface area (Å²) in [6, 6.07) is 5.96. The van der Waals surface area contributed by atoms with E-state index in [4.69, 9.17) is 10.5 Å². The van der Waals surface area contributed by atoms with Gasteiger partial charge in [0, 0.05) is 12.8 Å². The lowest BCUT2D eigenvalue weighted by atomic mass is 10.00. The molecule has 30 heavy (non-hydrogen) atoms. The number of ether oxygens (including phenoxy) is 1. The molecule has 3 heterocycles. The van der Waals surface area contributed by atoms with Gasteiger partial charge in [-0.2, -0.15) is 0 Å². The molecule has 2 aromatic heterocycles. The van der Waals surface area contributed by atoms with E-state index in [2.05, 4.69) is 20.3 Å². The number of nitrogens with one attached hydrogen (secondary N) is 1. The maximum atomic E-state index is 14.5. The third-order valence-electron chi connectivity index (χ3n) is 4.97. The maximum Gasteiger partial charge on any atom is 0.275 e. The fraction of sp³-hybridized carbons (Fsp3) is 0.400. The van der Waals surface area contributed by atoms with Gasteiger partial charge in [-0.3, -0.25) is 9.10 Å². The van der Waals surface area contributed by atoms with Crippen molar-refractivity contribution in [2.24, 2.45) is 16.6 Å². The predicted octanol–water partition coefficient (Wildman–Crippen LogP) is 2.78. The maximum absolute atomic E-state index is 14.5. The molecule has 1 atom stereocenters. The molecular formula is C20H23FN6O2S. The molecule has 2 aliphatic rings. The quantitative estimate of drug-likeness (QED) is 0.679. The molecule has 1 saturated carbocycles. The average Bonchev–Trinajstić information content (AvgIpc) is 3.56. The number of hydrogen-bond donors (Lipinski definition) is 2. The topological polar surface area (TPSA) is 106 Å². The highest BCUT2D eigenvalue weighted by molar-refractivity contribution is 7.97. The molecule has 0 bridgehead atoms. The molecule has 1 aliphatic heterocycles. The number of nitrogens with two attached hydrogens (primary N) is 1. The zero-order chi connectivity index (χ0) is 21.3. The molecule has 3 N–H and O–H groups in total. The van der Waals surface area contributed by atoms with E-state index in [9.17, 15) is 9.18 Å². The molecule has 0 saturated heterocycles. The largest absolute Gasteiger partial charge is 0.492 e. The second kappa shape index (κ2) is 8.10. The Morgan fingerprint density at radius 1 is 1.40 bits per heavy atom. The Hall–Kier alpha value is -2.88. The number of pyridine rings is 2. The number of aliphatic imine (C=N–C) groups is 1. The highest BCUT2D eigenvalue weighted by Gasteiger charge is 2.36. The number of amides is 1. The van der Waals surface area contributed by atoms with Crippen molar-refractivity contribution in [2.45, 2.75) is 25.3 Å². The standard InChI is InChI=1S/C20H23FN6O2S/c1-20(11-30-27(2)19(22)26-20)17-14(21)6-8-16(24-17)25-18(28)15-7-5-13(9-23-15)29-10-12-3-4-12/h5-9,12H,3-4,10-11H2,1-2H3,(H2,22,26)(H,24,25,28)/t20-/m0/s1. The van der Waals surface area contributed by atoms with Gasteiger partial charge in [0.15, 0.2) is 0 Å². The van der Waals surface area contributed by atoms with E-state index in [0.717, 1.165) is 0 Å². The van der Waals surface area contributed by atoms with Gasteiger partial charge in [-0.05, 0) is 61.9 Å². The van der Waals surface area contributed by atoms with E-state index >= 15 is 0 Å². The van der Waals surface area contributed by atoms with Crippen LogP contribution in [-0.2, 0) is 5.54 Å². The first-order chi connectivity index (χ1) is 14.3. The van der Waals surface area contributed by atoms with Gasteiger partial charge >= 0.3 is 0 Å². The summed E-state index contributed by atoms with van der Waals surface area (Å²) < 4.78 is 21.9. The third kappa shape index (κ3) is 4.48. The molecule has 0 aromatic carbocycles. The van der Waals surface area contributed by atoms with E-state index in [-0.39, 0.29) is 23.2 Å². The summed E-state index contributed by atoms with van der Waals surface area (Å²) in [5.74, 6) is 1.28. The van der Waals surface area contributed by atoms with Crippen molar-refractivity contribution in [1.82, 2.24) is 14.3 Å². The summed E-state index contributed by atoms with van der Waals surface area (Å²) >= 11 is 1.43. The zero-order valence-corrected chi connectivity index (χ0v) is 17.6. The fourth-order valence-electron chi connectivity index (χ4n) is 2.93. The smallest absolute Gasteiger partial charge is 0.275 e. The van der Waals surface area contributed by atoms with Crippen molar-refractivity contribution in [2.75, 3.05) is 24.7 Å². The van der Waals surface area contributed by atoms with Gasteiger partial charge < -0.3 is 15.8 Å². The SMILES string of the molecule is CN1SC[C@@](C)(c2nc(NC(=O)c3ccc(OCC4CC4)cn3)ccc2F)N=C1N. The van der Waals surface area contributed by atoms with Crippen molar-refractivity contribution >= 4 is 29.6 Å². The Balaban J connectivity index is 1.48. The summed E-state index contributed by atoms with van der Waals surface area (Å²) in [6.45, 7) is 2.44. The van der Waals surface area contributed by atoms with Crippen LogP contribution in [0.3, 0.4) is 0 Å². The van der Waals surface area contributed by atoms with Gasteiger partial charge in [-0.1, -0.05) is 0 Å². The van der Waals surface area contributed by atoms with Gasteiger partial charge in [-0.15, -0.1) is 0 Å². The second-order valence-electron chi connectivity index (χ2n) is 7.63. The minimum atomic E-state index is -0.940. The number of guanidine groups is 1. The Labute approximate surface area is 178 Å². The molecule has 4 rings (SSSR count). The Kier molecular flexibility index (Phi) is 5.50. The number of halogens is 1. The molecule has 1 fully saturated rings. The van der Waals surface area contributed by atoms with Crippen LogP contribution in [0.25, 0.3) is 0 Å². The average molecular weight is 431 g/mol. The van der Waals surface area contributed by atoms with Crippen molar-refractivity contribution in [1.29, 1.82) is 0 Å². The number of nitrogens with zero attached hydrogens (tertiary/aromatic N) is 4. The molecule has 0 radical (unpaired) electrons. The minimum absolute atomic E-state index is 0.126. The normalized spacial score (nSPS) is 21.2. The van der Waals surface area contributed by atoms with Crippen molar-refractivity contribution in [3.05, 3.63) is 47.7 Å². The first-order valence-corrected chi connectivity index (χ1v) is 10.6. The predicted molar refractivity (Wildman–Crippen MR) is 114 cm³/mol. The molecule has 2 aromatic rings. The highest BCUT2D eigenvalue weighted by Crippen LogP contribution is 2.35. The van der Waals surface area contributed by atoms with Crippen LogP contribution >= 0.6 is 11.9 Å². The van der Waals surface area contributed by atoms with Gasteiger partial charge in [0.05, 0.1) is 12.8 Å². The van der Waals surface area contributed by atoms with Crippen LogP contribution in [0.4, 0.5) is 10.2 Å². The van der Waals surface area contributed by atoms with Crippen molar-refractivity contribution < 1.29 is 13.9 Å². The van der Waals surface area contributed by atoms with E-state index in [1.165, 1.54) is 43.1 Å². The number of aromatic nitrogens is 2. The zero-order valence-electron chi connectivity index (χ0n) is 16.8. The number of carbonyl (C=O) groups is 1. The summed E-state index contributed by atoms with van der Waals surface area (Å²) in [4.78, 5) is 25.4. The summed E-state index contributed by atoms with van der Waals surface area (Å²) in [5, 5.41) is 2.66. The first-order valence-electron chi connectivity index (χ1n) is 9.63.